The number of alkyl halides is 2. The first-order valence-electron chi connectivity index (χ1n) is 4.98. The van der Waals surface area contributed by atoms with Gasteiger partial charge in [0.15, 0.2) is 0 Å². The lowest BCUT2D eigenvalue weighted by molar-refractivity contribution is -0.0987. The summed E-state index contributed by atoms with van der Waals surface area (Å²) in [5.74, 6) is -3.53. The summed E-state index contributed by atoms with van der Waals surface area (Å²) in [6.07, 6.45) is 0.228. The molecule has 0 saturated heterocycles. The van der Waals surface area contributed by atoms with Gasteiger partial charge in [0.1, 0.15) is 5.69 Å². The predicted molar refractivity (Wildman–Crippen MR) is 53.5 cm³/mol. The summed E-state index contributed by atoms with van der Waals surface area (Å²) < 4.78 is 32.3. The van der Waals surface area contributed by atoms with Crippen molar-refractivity contribution >= 4 is 5.97 Å². The molecular weight excluding hydrogens is 216 g/mol. The Morgan fingerprint density at radius 1 is 1.50 bits per heavy atom. The van der Waals surface area contributed by atoms with Crippen LogP contribution in [-0.2, 0) is 17.1 Å². The molecule has 0 bridgehead atoms. The second kappa shape index (κ2) is 3.06. The second-order valence-electron chi connectivity index (χ2n) is 4.70. The van der Waals surface area contributed by atoms with Crippen LogP contribution in [-0.4, -0.2) is 18.1 Å². The highest BCUT2D eigenvalue weighted by Crippen LogP contribution is 2.53. The number of carbonyl (C=O) groups excluding carboxylic acids is 1. The first kappa shape index (κ1) is 11.1. The average Bonchev–Trinajstić information content (AvgIpc) is 2.65. The molecule has 1 aliphatic carbocycles. The molecule has 1 aromatic heterocycles. The third kappa shape index (κ3) is 1.27. The molecule has 0 spiro atoms. The fraction of sp³-hybridized carbons (Fsp3) is 0.545. The van der Waals surface area contributed by atoms with Gasteiger partial charge >= 0.3 is 5.97 Å². The van der Waals surface area contributed by atoms with Crippen molar-refractivity contribution in [1.82, 2.24) is 4.98 Å². The Hall–Kier alpha value is -1.39. The van der Waals surface area contributed by atoms with Crippen molar-refractivity contribution in [2.24, 2.45) is 5.41 Å². The van der Waals surface area contributed by atoms with E-state index in [0.717, 1.165) is 0 Å². The number of nitrogens with one attached hydrogen (secondary N) is 1. The van der Waals surface area contributed by atoms with Gasteiger partial charge in [0.05, 0.1) is 7.11 Å². The van der Waals surface area contributed by atoms with Crippen LogP contribution < -0.4 is 0 Å². The highest BCUT2D eigenvalue weighted by molar-refractivity contribution is 5.88. The van der Waals surface area contributed by atoms with E-state index >= 15 is 0 Å². The number of esters is 1. The molecule has 0 fully saturated rings. The first-order valence-corrected chi connectivity index (χ1v) is 4.98. The molecule has 1 heterocycles. The highest BCUT2D eigenvalue weighted by atomic mass is 19.3. The van der Waals surface area contributed by atoms with Gasteiger partial charge < -0.3 is 9.72 Å². The number of methoxy groups -OCH3 is 1. The molecule has 2 rings (SSSR count). The van der Waals surface area contributed by atoms with Gasteiger partial charge in [-0.1, -0.05) is 13.8 Å². The van der Waals surface area contributed by atoms with Gasteiger partial charge in [-0.15, -0.1) is 0 Å². The van der Waals surface area contributed by atoms with Crippen LogP contribution in [0, 0.1) is 5.41 Å². The maximum absolute atomic E-state index is 13.9. The van der Waals surface area contributed by atoms with Gasteiger partial charge in [0, 0.05) is 16.7 Å². The van der Waals surface area contributed by atoms with E-state index in [1.807, 2.05) is 0 Å². The van der Waals surface area contributed by atoms with Gasteiger partial charge in [0.25, 0.3) is 5.92 Å². The molecule has 0 radical (unpaired) electrons. The van der Waals surface area contributed by atoms with Crippen LogP contribution in [0.3, 0.4) is 0 Å². The zero-order chi connectivity index (χ0) is 12.1. The van der Waals surface area contributed by atoms with Crippen molar-refractivity contribution in [3.8, 4) is 0 Å². The van der Waals surface area contributed by atoms with Crippen molar-refractivity contribution in [3.05, 3.63) is 23.0 Å². The molecule has 3 nitrogen and oxygen atoms in total. The molecule has 1 N–H and O–H groups in total. The van der Waals surface area contributed by atoms with Crippen molar-refractivity contribution in [1.29, 1.82) is 0 Å². The summed E-state index contributed by atoms with van der Waals surface area (Å²) >= 11 is 0. The van der Waals surface area contributed by atoms with Crippen LogP contribution in [0.1, 0.15) is 35.6 Å². The number of ether oxygens (including phenoxy) is 1. The molecule has 1 aromatic rings. The van der Waals surface area contributed by atoms with E-state index in [4.69, 9.17) is 0 Å². The summed E-state index contributed by atoms with van der Waals surface area (Å²) in [5.41, 5.74) is -0.681. The molecule has 0 unspecified atom stereocenters. The van der Waals surface area contributed by atoms with E-state index in [0.29, 0.717) is 5.69 Å². The summed E-state index contributed by atoms with van der Waals surface area (Å²) in [4.78, 5) is 13.9. The number of aromatic nitrogens is 1. The van der Waals surface area contributed by atoms with Crippen LogP contribution in [0.25, 0.3) is 0 Å². The van der Waals surface area contributed by atoms with Gasteiger partial charge in [0.2, 0.25) is 0 Å². The Bertz CT molecular complexity index is 449. The lowest BCUT2D eigenvalue weighted by atomic mass is 9.86. The topological polar surface area (TPSA) is 42.1 Å². The number of aromatic amines is 1. The molecular formula is C11H13F2NO2. The smallest absolute Gasteiger partial charge is 0.354 e. The lowest BCUT2D eigenvalue weighted by Gasteiger charge is -2.26. The number of carbonyl (C=O) groups is 1. The number of halogens is 2. The minimum absolute atomic E-state index is 0.0853. The van der Waals surface area contributed by atoms with Gasteiger partial charge in [-0.05, 0) is 12.5 Å². The fourth-order valence-electron chi connectivity index (χ4n) is 2.05. The SMILES string of the molecule is COC(=O)c1cc2c([nH]1)CC(C)(C)C2(F)F. The Morgan fingerprint density at radius 3 is 2.62 bits per heavy atom. The van der Waals surface area contributed by atoms with Gasteiger partial charge in [-0.2, -0.15) is 0 Å². The van der Waals surface area contributed by atoms with E-state index in [1.165, 1.54) is 27.0 Å². The molecule has 0 aliphatic heterocycles. The number of hydrogen-bond donors (Lipinski definition) is 1. The van der Waals surface area contributed by atoms with Crippen molar-refractivity contribution in [3.63, 3.8) is 0 Å². The Morgan fingerprint density at radius 2 is 2.12 bits per heavy atom. The van der Waals surface area contributed by atoms with Crippen LogP contribution in [0.2, 0.25) is 0 Å². The number of hydrogen-bond acceptors (Lipinski definition) is 2. The average molecular weight is 229 g/mol. The van der Waals surface area contributed by atoms with E-state index in [-0.39, 0.29) is 17.7 Å². The summed E-state index contributed by atoms with van der Waals surface area (Å²) in [6, 6.07) is 1.19. The maximum atomic E-state index is 13.9. The largest absolute Gasteiger partial charge is 0.464 e. The molecule has 5 heteroatoms. The highest BCUT2D eigenvalue weighted by Gasteiger charge is 2.55. The van der Waals surface area contributed by atoms with Crippen molar-refractivity contribution < 1.29 is 18.3 Å². The Balaban J connectivity index is 2.46. The number of rotatable bonds is 1. The normalized spacial score (nSPS) is 20.6. The maximum Gasteiger partial charge on any atom is 0.354 e. The van der Waals surface area contributed by atoms with Crippen molar-refractivity contribution in [2.75, 3.05) is 7.11 Å². The molecule has 0 amide bonds. The lowest BCUT2D eigenvalue weighted by Crippen LogP contribution is -2.29. The fourth-order valence-corrected chi connectivity index (χ4v) is 2.05. The van der Waals surface area contributed by atoms with Crippen LogP contribution in [0.15, 0.2) is 6.07 Å². The monoisotopic (exact) mass is 229 g/mol. The minimum Gasteiger partial charge on any atom is -0.464 e. The minimum atomic E-state index is -2.91. The summed E-state index contributed by atoms with van der Waals surface area (Å²) in [7, 11) is 1.22. The van der Waals surface area contributed by atoms with Gasteiger partial charge in [-0.3, -0.25) is 0 Å². The summed E-state index contributed by atoms with van der Waals surface area (Å²) in [5, 5.41) is 0. The zero-order valence-corrected chi connectivity index (χ0v) is 9.36. The molecule has 1 aliphatic rings. The van der Waals surface area contributed by atoms with Crippen LogP contribution in [0.4, 0.5) is 8.78 Å². The van der Waals surface area contributed by atoms with E-state index in [1.54, 1.807) is 0 Å². The van der Waals surface area contributed by atoms with E-state index < -0.39 is 17.3 Å². The molecule has 0 aromatic carbocycles. The molecule has 88 valence electrons. The standard InChI is InChI=1S/C11H13F2NO2/c1-10(2)5-8-6(11(10,12)13)4-7(14-8)9(15)16-3/h4,14H,5H2,1-3H3. The van der Waals surface area contributed by atoms with Crippen molar-refractivity contribution in [2.45, 2.75) is 26.2 Å². The molecule has 0 atom stereocenters. The van der Waals surface area contributed by atoms with Gasteiger partial charge in [-0.25, -0.2) is 13.6 Å². The predicted octanol–water partition coefficient (Wildman–Crippen LogP) is 2.48. The number of H-pyrrole nitrogens is 1. The number of fused-ring (bicyclic) bond motifs is 1. The quantitative estimate of drug-likeness (QED) is 0.751. The molecule has 16 heavy (non-hydrogen) atoms. The third-order valence-electron chi connectivity index (χ3n) is 3.11. The van der Waals surface area contributed by atoms with E-state index in [2.05, 4.69) is 9.72 Å². The Labute approximate surface area is 91.8 Å². The van der Waals surface area contributed by atoms with E-state index in [9.17, 15) is 13.6 Å². The summed E-state index contributed by atoms with van der Waals surface area (Å²) in [6.45, 7) is 3.03. The second-order valence-corrected chi connectivity index (χ2v) is 4.70. The third-order valence-corrected chi connectivity index (χ3v) is 3.11. The first-order chi connectivity index (χ1) is 7.29. The zero-order valence-electron chi connectivity index (χ0n) is 9.36. The van der Waals surface area contributed by atoms with Crippen LogP contribution >= 0.6 is 0 Å². The molecule has 0 saturated carbocycles. The van der Waals surface area contributed by atoms with Crippen LogP contribution in [0.5, 0.6) is 0 Å². The Kier molecular flexibility index (Phi) is 2.12.